The molecule has 0 aromatic rings. The first kappa shape index (κ1) is 14.1. The Kier molecular flexibility index (Phi) is 2.58. The number of rotatable bonds is 0. The van der Waals surface area contributed by atoms with Gasteiger partial charge in [-0.05, 0) is 38.5 Å². The van der Waals surface area contributed by atoms with Gasteiger partial charge < -0.3 is 14.9 Å². The van der Waals surface area contributed by atoms with E-state index in [-0.39, 0.29) is 10.8 Å². The lowest BCUT2D eigenvalue weighted by atomic mass is 9.45. The summed E-state index contributed by atoms with van der Waals surface area (Å²) >= 11 is 0. The molecule has 4 nitrogen and oxygen atoms in total. The maximum Gasteiger partial charge on any atom is 0.336 e. The molecule has 2 N–H and O–H groups in total. The summed E-state index contributed by atoms with van der Waals surface area (Å²) in [5.74, 6) is -1.88. The van der Waals surface area contributed by atoms with Crippen LogP contribution in [0.15, 0.2) is 11.1 Å². The van der Waals surface area contributed by atoms with Crippen LogP contribution in [0.4, 0.5) is 0 Å². The van der Waals surface area contributed by atoms with Gasteiger partial charge in [-0.2, -0.15) is 0 Å². The molecule has 0 spiro atoms. The van der Waals surface area contributed by atoms with Crippen molar-refractivity contribution < 1.29 is 19.7 Å². The zero-order valence-electron chi connectivity index (χ0n) is 12.7. The van der Waals surface area contributed by atoms with E-state index in [1.165, 1.54) is 0 Å². The van der Waals surface area contributed by atoms with Gasteiger partial charge in [0.25, 0.3) is 0 Å². The number of hydrogen-bond donors (Lipinski definition) is 2. The second kappa shape index (κ2) is 3.66. The molecule has 4 atom stereocenters. The van der Waals surface area contributed by atoms with E-state index in [2.05, 4.69) is 13.8 Å². The Hall–Kier alpha value is -0.870. The predicted molar refractivity (Wildman–Crippen MR) is 73.7 cm³/mol. The first-order valence-corrected chi connectivity index (χ1v) is 7.43. The van der Waals surface area contributed by atoms with Crippen LogP contribution in [-0.4, -0.2) is 27.6 Å². The fourth-order valence-electron chi connectivity index (χ4n) is 4.72. The summed E-state index contributed by atoms with van der Waals surface area (Å²) in [6.07, 6.45) is 3.53. The van der Waals surface area contributed by atoms with Crippen molar-refractivity contribution >= 4 is 5.97 Å². The molecule has 20 heavy (non-hydrogen) atoms. The molecule has 0 saturated heterocycles. The van der Waals surface area contributed by atoms with Crippen LogP contribution in [0.1, 0.15) is 59.8 Å². The highest BCUT2D eigenvalue weighted by molar-refractivity contribution is 5.92. The number of carbonyl (C=O) groups is 1. The highest BCUT2D eigenvalue weighted by Gasteiger charge is 2.66. The van der Waals surface area contributed by atoms with Crippen LogP contribution in [0.5, 0.6) is 0 Å². The van der Waals surface area contributed by atoms with Crippen molar-refractivity contribution in [3.63, 3.8) is 0 Å². The molecule has 3 aliphatic rings. The van der Waals surface area contributed by atoms with Crippen LogP contribution in [0, 0.1) is 10.8 Å². The van der Waals surface area contributed by atoms with E-state index in [1.54, 1.807) is 6.92 Å². The monoisotopic (exact) mass is 280 g/mol. The molecular formula is C16H24O4. The summed E-state index contributed by atoms with van der Waals surface area (Å²) in [4.78, 5) is 11.8. The average molecular weight is 280 g/mol. The first-order valence-electron chi connectivity index (χ1n) is 7.43. The normalized spacial score (nSPS) is 51.6. The van der Waals surface area contributed by atoms with Crippen molar-refractivity contribution in [3.05, 3.63) is 11.1 Å². The first-order chi connectivity index (χ1) is 9.05. The summed E-state index contributed by atoms with van der Waals surface area (Å²) in [6.45, 7) is 7.80. The van der Waals surface area contributed by atoms with Crippen LogP contribution >= 0.6 is 0 Å². The molecular weight excluding hydrogens is 256 g/mol. The van der Waals surface area contributed by atoms with Gasteiger partial charge in [0.05, 0.1) is 5.60 Å². The number of ether oxygens (including phenoxy) is 1. The van der Waals surface area contributed by atoms with Gasteiger partial charge in [-0.1, -0.05) is 20.3 Å². The maximum absolute atomic E-state index is 11.8. The summed E-state index contributed by atoms with van der Waals surface area (Å²) in [7, 11) is 0. The topological polar surface area (TPSA) is 66.8 Å². The summed E-state index contributed by atoms with van der Waals surface area (Å²) in [5, 5.41) is 21.7. The maximum atomic E-state index is 11.8. The Morgan fingerprint density at radius 3 is 2.45 bits per heavy atom. The molecule has 1 aliphatic heterocycles. The molecule has 4 heteroatoms. The smallest absolute Gasteiger partial charge is 0.336 e. The fraction of sp³-hybridized carbons (Fsp3) is 0.812. The van der Waals surface area contributed by atoms with Crippen molar-refractivity contribution in [2.24, 2.45) is 10.8 Å². The fourth-order valence-corrected chi connectivity index (χ4v) is 4.72. The number of fused-ring (bicyclic) bond motifs is 2. The summed E-state index contributed by atoms with van der Waals surface area (Å²) in [5.41, 5.74) is -0.200. The van der Waals surface area contributed by atoms with E-state index in [9.17, 15) is 15.0 Å². The van der Waals surface area contributed by atoms with Gasteiger partial charge in [0.15, 0.2) is 0 Å². The van der Waals surface area contributed by atoms with E-state index < -0.39 is 17.4 Å². The standard InChI is InChI=1S/C16H24O4/c1-10-11-8-14(3)13(2,6-5-7-15(14,4)18)9-16(11,19)20-12(10)17/h18-19H,5-9H2,1-4H3/t13-,14-,15-,16+/m1/s1. The Morgan fingerprint density at radius 1 is 1.15 bits per heavy atom. The largest absolute Gasteiger partial charge is 0.426 e. The lowest BCUT2D eigenvalue weighted by molar-refractivity contribution is -0.246. The van der Waals surface area contributed by atoms with Crippen LogP contribution < -0.4 is 0 Å². The number of aliphatic hydroxyl groups is 2. The third-order valence-electron chi connectivity index (χ3n) is 6.56. The third kappa shape index (κ3) is 1.47. The summed E-state index contributed by atoms with van der Waals surface area (Å²) < 4.78 is 5.25. The third-order valence-corrected chi connectivity index (χ3v) is 6.56. The Labute approximate surface area is 119 Å². The van der Waals surface area contributed by atoms with Gasteiger partial charge in [0, 0.05) is 23.0 Å². The molecule has 0 amide bonds. The number of esters is 1. The van der Waals surface area contributed by atoms with Gasteiger partial charge in [-0.15, -0.1) is 0 Å². The zero-order valence-corrected chi connectivity index (χ0v) is 12.7. The van der Waals surface area contributed by atoms with Gasteiger partial charge >= 0.3 is 5.97 Å². The van der Waals surface area contributed by atoms with Crippen molar-refractivity contribution in [3.8, 4) is 0 Å². The molecule has 0 aromatic carbocycles. The van der Waals surface area contributed by atoms with E-state index in [0.29, 0.717) is 24.0 Å². The SMILES string of the molecule is CC1=C2C[C@]3(C)[C@](C)(CCC[C@@]3(C)O)C[C@]2(O)OC1=O. The lowest BCUT2D eigenvalue weighted by Gasteiger charge is -2.62. The van der Waals surface area contributed by atoms with Crippen LogP contribution in [-0.2, 0) is 9.53 Å². The van der Waals surface area contributed by atoms with Gasteiger partial charge in [0.1, 0.15) is 0 Å². The molecule has 3 rings (SSSR count). The Morgan fingerprint density at radius 2 is 1.80 bits per heavy atom. The van der Waals surface area contributed by atoms with Crippen molar-refractivity contribution in [1.82, 2.24) is 0 Å². The highest BCUT2D eigenvalue weighted by atomic mass is 16.7. The highest BCUT2D eigenvalue weighted by Crippen LogP contribution is 2.66. The lowest BCUT2D eigenvalue weighted by Crippen LogP contribution is -2.62. The van der Waals surface area contributed by atoms with Crippen LogP contribution in [0.2, 0.25) is 0 Å². The molecule has 1 heterocycles. The van der Waals surface area contributed by atoms with Gasteiger partial charge in [0.2, 0.25) is 5.79 Å². The second-order valence-electron chi connectivity index (χ2n) is 7.65. The van der Waals surface area contributed by atoms with Crippen molar-refractivity contribution in [1.29, 1.82) is 0 Å². The molecule has 2 aliphatic carbocycles. The predicted octanol–water partition coefficient (Wildman–Crippen LogP) is 2.29. The molecule has 0 aromatic heterocycles. The van der Waals surface area contributed by atoms with E-state index in [1.807, 2.05) is 6.92 Å². The Balaban J connectivity index is 2.13. The molecule has 2 saturated carbocycles. The van der Waals surface area contributed by atoms with Gasteiger partial charge in [-0.3, -0.25) is 0 Å². The molecule has 112 valence electrons. The molecule has 0 unspecified atom stereocenters. The molecule has 0 bridgehead atoms. The van der Waals surface area contributed by atoms with Crippen LogP contribution in [0.25, 0.3) is 0 Å². The Bertz CT molecular complexity index is 521. The summed E-state index contributed by atoms with van der Waals surface area (Å²) in [6, 6.07) is 0. The molecule has 0 radical (unpaired) electrons. The quantitative estimate of drug-likeness (QED) is 0.668. The van der Waals surface area contributed by atoms with Crippen molar-refractivity contribution in [2.45, 2.75) is 71.2 Å². The van der Waals surface area contributed by atoms with E-state index in [4.69, 9.17) is 4.74 Å². The zero-order chi connectivity index (χ0) is 15.0. The average Bonchev–Trinajstić information content (AvgIpc) is 2.50. The minimum absolute atomic E-state index is 0.238. The van der Waals surface area contributed by atoms with Gasteiger partial charge in [-0.25, -0.2) is 4.79 Å². The second-order valence-corrected chi connectivity index (χ2v) is 7.65. The molecule has 2 fully saturated rings. The number of carbonyl (C=O) groups excluding carboxylic acids is 1. The van der Waals surface area contributed by atoms with Crippen molar-refractivity contribution in [2.75, 3.05) is 0 Å². The minimum Gasteiger partial charge on any atom is -0.426 e. The van der Waals surface area contributed by atoms with E-state index >= 15 is 0 Å². The number of hydrogen-bond acceptors (Lipinski definition) is 4. The van der Waals surface area contributed by atoms with Crippen LogP contribution in [0.3, 0.4) is 0 Å². The van der Waals surface area contributed by atoms with E-state index in [0.717, 1.165) is 19.3 Å². The minimum atomic E-state index is -1.46.